The first-order chi connectivity index (χ1) is 11.9. The first kappa shape index (κ1) is 19.1. The lowest BCUT2D eigenvalue weighted by Gasteiger charge is -2.16. The van der Waals surface area contributed by atoms with E-state index in [-0.39, 0.29) is 17.1 Å². The fourth-order valence-corrected chi connectivity index (χ4v) is 3.62. The van der Waals surface area contributed by atoms with Gasteiger partial charge in [0.1, 0.15) is 0 Å². The van der Waals surface area contributed by atoms with E-state index in [2.05, 4.69) is 16.7 Å². The fraction of sp³-hybridized carbons (Fsp3) is 0.300. The zero-order valence-electron chi connectivity index (χ0n) is 15.1. The summed E-state index contributed by atoms with van der Waals surface area (Å²) in [7, 11) is 0. The first-order valence-corrected chi connectivity index (χ1v) is 9.19. The highest BCUT2D eigenvalue weighted by Crippen LogP contribution is 2.28. The number of anilines is 2. The predicted molar refractivity (Wildman–Crippen MR) is 105 cm³/mol. The van der Waals surface area contributed by atoms with Crippen molar-refractivity contribution < 1.29 is 9.59 Å². The zero-order chi connectivity index (χ0) is 18.4. The number of thioether (sulfide) groups is 1. The minimum atomic E-state index is -0.201. The average molecular weight is 356 g/mol. The lowest BCUT2D eigenvalue weighted by molar-refractivity contribution is -0.116. The summed E-state index contributed by atoms with van der Waals surface area (Å²) in [6.45, 7) is 7.51. The maximum absolute atomic E-state index is 12.6. The van der Waals surface area contributed by atoms with Crippen molar-refractivity contribution in [3.05, 3.63) is 53.6 Å². The number of carbonyl (C=O) groups excluding carboxylic acids is 2. The number of rotatable bonds is 6. The van der Waals surface area contributed by atoms with Crippen LogP contribution in [0.4, 0.5) is 11.4 Å². The SMILES string of the molecule is CCC(Sc1cccc(NC(C)=O)c1)C(=O)Nc1cc(C)cc(C)c1. The summed E-state index contributed by atoms with van der Waals surface area (Å²) in [6.07, 6.45) is 0.714. The lowest BCUT2D eigenvalue weighted by Crippen LogP contribution is -2.24. The lowest BCUT2D eigenvalue weighted by atomic mass is 10.1. The number of aryl methyl sites for hydroxylation is 2. The summed E-state index contributed by atoms with van der Waals surface area (Å²) < 4.78 is 0. The molecule has 0 bridgehead atoms. The summed E-state index contributed by atoms with van der Waals surface area (Å²) in [5, 5.41) is 5.58. The van der Waals surface area contributed by atoms with E-state index in [1.807, 2.05) is 57.2 Å². The molecule has 2 rings (SSSR count). The van der Waals surface area contributed by atoms with Crippen LogP contribution in [0, 0.1) is 13.8 Å². The molecule has 2 N–H and O–H groups in total. The number of nitrogens with one attached hydrogen (secondary N) is 2. The molecule has 1 atom stereocenters. The Labute approximate surface area is 153 Å². The Kier molecular flexibility index (Phi) is 6.65. The van der Waals surface area contributed by atoms with E-state index in [9.17, 15) is 9.59 Å². The molecule has 4 nitrogen and oxygen atoms in total. The van der Waals surface area contributed by atoms with Crippen molar-refractivity contribution in [3.8, 4) is 0 Å². The molecular weight excluding hydrogens is 332 g/mol. The summed E-state index contributed by atoms with van der Waals surface area (Å²) in [6, 6.07) is 13.6. The Morgan fingerprint density at radius 2 is 1.68 bits per heavy atom. The van der Waals surface area contributed by atoms with Crippen LogP contribution < -0.4 is 10.6 Å². The molecule has 25 heavy (non-hydrogen) atoms. The third-order valence-electron chi connectivity index (χ3n) is 3.59. The van der Waals surface area contributed by atoms with E-state index in [4.69, 9.17) is 0 Å². The first-order valence-electron chi connectivity index (χ1n) is 8.31. The van der Waals surface area contributed by atoms with Crippen LogP contribution in [-0.4, -0.2) is 17.1 Å². The highest BCUT2D eigenvalue weighted by atomic mass is 32.2. The summed E-state index contributed by atoms with van der Waals surface area (Å²) in [5.74, 6) is -0.121. The molecule has 0 fully saturated rings. The molecule has 132 valence electrons. The van der Waals surface area contributed by atoms with Gasteiger partial charge in [0, 0.05) is 23.2 Å². The van der Waals surface area contributed by atoms with Crippen LogP contribution in [-0.2, 0) is 9.59 Å². The van der Waals surface area contributed by atoms with Crippen LogP contribution in [0.5, 0.6) is 0 Å². The van der Waals surface area contributed by atoms with Crippen molar-refractivity contribution in [2.24, 2.45) is 0 Å². The van der Waals surface area contributed by atoms with Gasteiger partial charge in [-0.1, -0.05) is 19.1 Å². The van der Waals surface area contributed by atoms with Crippen LogP contribution in [0.1, 0.15) is 31.4 Å². The van der Waals surface area contributed by atoms with E-state index in [1.54, 1.807) is 0 Å². The standard InChI is InChI=1S/C20H24N2O2S/c1-5-19(20(24)22-17-10-13(2)9-14(3)11-17)25-18-8-6-7-16(12-18)21-15(4)23/h6-12,19H,5H2,1-4H3,(H,21,23)(H,22,24). The highest BCUT2D eigenvalue weighted by Gasteiger charge is 2.18. The summed E-state index contributed by atoms with van der Waals surface area (Å²) in [5.41, 5.74) is 3.81. The van der Waals surface area contributed by atoms with Crippen molar-refractivity contribution in [2.45, 2.75) is 44.3 Å². The van der Waals surface area contributed by atoms with Crippen molar-refractivity contribution in [2.75, 3.05) is 10.6 Å². The van der Waals surface area contributed by atoms with Gasteiger partial charge >= 0.3 is 0 Å². The molecule has 0 heterocycles. The van der Waals surface area contributed by atoms with E-state index >= 15 is 0 Å². The molecule has 0 aliphatic heterocycles. The topological polar surface area (TPSA) is 58.2 Å². The smallest absolute Gasteiger partial charge is 0.237 e. The van der Waals surface area contributed by atoms with E-state index in [1.165, 1.54) is 18.7 Å². The molecule has 2 aromatic rings. The second-order valence-corrected chi connectivity index (χ2v) is 7.37. The van der Waals surface area contributed by atoms with Crippen LogP contribution in [0.2, 0.25) is 0 Å². The number of hydrogen-bond donors (Lipinski definition) is 2. The average Bonchev–Trinajstić information content (AvgIpc) is 2.51. The molecule has 0 aromatic heterocycles. The molecule has 0 aliphatic carbocycles. The van der Waals surface area contributed by atoms with Crippen molar-refractivity contribution in [1.82, 2.24) is 0 Å². The predicted octanol–water partition coefficient (Wildman–Crippen LogP) is 4.77. The third-order valence-corrected chi connectivity index (χ3v) is 4.94. The number of benzene rings is 2. The van der Waals surface area contributed by atoms with Crippen LogP contribution in [0.15, 0.2) is 47.4 Å². The molecule has 5 heteroatoms. The van der Waals surface area contributed by atoms with Gasteiger partial charge in [0.15, 0.2) is 0 Å². The molecule has 0 radical (unpaired) electrons. The Morgan fingerprint density at radius 1 is 1.00 bits per heavy atom. The van der Waals surface area contributed by atoms with Crippen LogP contribution in [0.25, 0.3) is 0 Å². The molecule has 0 saturated heterocycles. The second-order valence-electron chi connectivity index (χ2n) is 6.09. The van der Waals surface area contributed by atoms with Gasteiger partial charge in [-0.25, -0.2) is 0 Å². The minimum Gasteiger partial charge on any atom is -0.326 e. The van der Waals surface area contributed by atoms with Gasteiger partial charge in [-0.05, 0) is 61.7 Å². The van der Waals surface area contributed by atoms with Crippen LogP contribution in [0.3, 0.4) is 0 Å². The maximum Gasteiger partial charge on any atom is 0.237 e. The van der Waals surface area contributed by atoms with E-state index in [0.717, 1.165) is 27.4 Å². The van der Waals surface area contributed by atoms with Crippen molar-refractivity contribution in [3.63, 3.8) is 0 Å². The van der Waals surface area contributed by atoms with Gasteiger partial charge in [-0.2, -0.15) is 0 Å². The molecule has 1 unspecified atom stereocenters. The Balaban J connectivity index is 2.08. The Morgan fingerprint density at radius 3 is 2.28 bits per heavy atom. The zero-order valence-corrected chi connectivity index (χ0v) is 15.9. The molecule has 0 saturated carbocycles. The monoisotopic (exact) mass is 356 g/mol. The largest absolute Gasteiger partial charge is 0.326 e. The minimum absolute atomic E-state index is 0.0116. The number of hydrogen-bond acceptors (Lipinski definition) is 3. The molecule has 0 spiro atoms. The van der Waals surface area contributed by atoms with Crippen molar-refractivity contribution in [1.29, 1.82) is 0 Å². The van der Waals surface area contributed by atoms with Gasteiger partial charge < -0.3 is 10.6 Å². The van der Waals surface area contributed by atoms with E-state index in [0.29, 0.717) is 6.42 Å². The van der Waals surface area contributed by atoms with Gasteiger partial charge in [0.25, 0.3) is 0 Å². The van der Waals surface area contributed by atoms with Crippen molar-refractivity contribution >= 4 is 35.0 Å². The normalized spacial score (nSPS) is 11.7. The van der Waals surface area contributed by atoms with Gasteiger partial charge in [-0.15, -0.1) is 11.8 Å². The molecule has 2 aromatic carbocycles. The Hall–Kier alpha value is -2.27. The van der Waals surface area contributed by atoms with Gasteiger partial charge in [-0.3, -0.25) is 9.59 Å². The number of carbonyl (C=O) groups is 2. The quantitative estimate of drug-likeness (QED) is 0.733. The van der Waals surface area contributed by atoms with E-state index < -0.39 is 0 Å². The van der Waals surface area contributed by atoms with Gasteiger partial charge in [0.2, 0.25) is 11.8 Å². The Bertz CT molecular complexity index is 754. The number of amides is 2. The summed E-state index contributed by atoms with van der Waals surface area (Å²) in [4.78, 5) is 24.8. The fourth-order valence-electron chi connectivity index (χ4n) is 2.61. The maximum atomic E-state index is 12.6. The summed E-state index contributed by atoms with van der Waals surface area (Å²) >= 11 is 1.50. The van der Waals surface area contributed by atoms with Crippen LogP contribution >= 0.6 is 11.8 Å². The molecule has 2 amide bonds. The molecular formula is C20H24N2O2S. The molecule has 0 aliphatic rings. The third kappa shape index (κ3) is 5.94. The second kappa shape index (κ2) is 8.72. The van der Waals surface area contributed by atoms with Gasteiger partial charge in [0.05, 0.1) is 5.25 Å². The highest BCUT2D eigenvalue weighted by molar-refractivity contribution is 8.00.